The van der Waals surface area contributed by atoms with Crippen molar-refractivity contribution in [3.05, 3.63) is 77.1 Å². The van der Waals surface area contributed by atoms with Gasteiger partial charge in [0, 0.05) is 28.9 Å². The Balaban J connectivity index is 1.53. The summed E-state index contributed by atoms with van der Waals surface area (Å²) in [7, 11) is 1.61. The minimum absolute atomic E-state index is 0.0891. The number of hydrogen-bond donors (Lipinski definition) is 2. The molecule has 2 aliphatic rings. The Kier molecular flexibility index (Phi) is 5.79. The highest BCUT2D eigenvalue weighted by Crippen LogP contribution is 2.43. The highest BCUT2D eigenvalue weighted by Gasteiger charge is 2.38. The Morgan fingerprint density at radius 2 is 1.97 bits per heavy atom. The van der Waals surface area contributed by atoms with Crippen molar-refractivity contribution < 1.29 is 19.1 Å². The lowest BCUT2D eigenvalue weighted by atomic mass is 9.85. The zero-order valence-electron chi connectivity index (χ0n) is 19.1. The summed E-state index contributed by atoms with van der Waals surface area (Å²) in [5.74, 6) is 1.77. The molecule has 5 rings (SSSR count). The number of hydrogen-bond acceptors (Lipinski definition) is 6. The van der Waals surface area contributed by atoms with Gasteiger partial charge in [-0.25, -0.2) is 4.68 Å². The number of anilines is 2. The average molecular weight is 459 g/mol. The highest BCUT2D eigenvalue weighted by molar-refractivity contribution is 6.08. The van der Waals surface area contributed by atoms with E-state index in [1.165, 1.54) is 6.20 Å². The fourth-order valence-corrected chi connectivity index (χ4v) is 4.60. The van der Waals surface area contributed by atoms with Gasteiger partial charge in [-0.2, -0.15) is 5.10 Å². The molecule has 0 radical (unpaired) electrons. The average Bonchev–Trinajstić information content (AvgIpc) is 3.28. The number of ketones is 1. The number of rotatable bonds is 6. The number of fused-ring (bicyclic) bond motifs is 1. The maximum atomic E-state index is 13.2. The van der Waals surface area contributed by atoms with Crippen LogP contribution in [0.15, 0.2) is 66.0 Å². The molecule has 2 N–H and O–H groups in total. The van der Waals surface area contributed by atoms with E-state index < -0.39 is 6.04 Å². The van der Waals surface area contributed by atoms with E-state index in [2.05, 4.69) is 15.7 Å². The predicted molar refractivity (Wildman–Crippen MR) is 128 cm³/mol. The van der Waals surface area contributed by atoms with Crippen LogP contribution >= 0.6 is 0 Å². The Labute approximate surface area is 197 Å². The minimum Gasteiger partial charge on any atom is -0.496 e. The van der Waals surface area contributed by atoms with Crippen LogP contribution in [0.4, 0.5) is 11.5 Å². The zero-order valence-corrected chi connectivity index (χ0v) is 19.1. The van der Waals surface area contributed by atoms with E-state index in [4.69, 9.17) is 9.47 Å². The molecular weight excluding hydrogens is 432 g/mol. The molecule has 0 bridgehead atoms. The lowest BCUT2D eigenvalue weighted by Gasteiger charge is -2.34. The molecule has 1 atom stereocenters. The van der Waals surface area contributed by atoms with E-state index in [-0.39, 0.29) is 11.7 Å². The van der Waals surface area contributed by atoms with Crippen LogP contribution in [0.2, 0.25) is 0 Å². The summed E-state index contributed by atoms with van der Waals surface area (Å²) >= 11 is 0. The Bertz CT molecular complexity index is 1280. The molecule has 8 heteroatoms. The maximum absolute atomic E-state index is 13.2. The Hall–Kier alpha value is -4.07. The first-order valence-electron chi connectivity index (χ1n) is 11.4. The third-order valence-electron chi connectivity index (χ3n) is 6.14. The van der Waals surface area contributed by atoms with E-state index in [0.29, 0.717) is 41.4 Å². The number of nitrogens with zero attached hydrogens (tertiary/aromatic N) is 2. The van der Waals surface area contributed by atoms with Gasteiger partial charge in [0.2, 0.25) is 0 Å². The summed E-state index contributed by atoms with van der Waals surface area (Å²) in [6.07, 6.45) is 3.54. The normalized spacial score (nSPS) is 16.9. The van der Waals surface area contributed by atoms with Gasteiger partial charge in [0.25, 0.3) is 5.91 Å². The summed E-state index contributed by atoms with van der Waals surface area (Å²) in [4.78, 5) is 26.2. The molecule has 0 fully saturated rings. The number of nitrogens with one attached hydrogen (secondary N) is 2. The van der Waals surface area contributed by atoms with Crippen molar-refractivity contribution in [2.75, 3.05) is 24.4 Å². The van der Waals surface area contributed by atoms with E-state index in [1.807, 2.05) is 43.3 Å². The standard InChI is InChI=1S/C26H26N4O4/c1-3-34-17-13-11-16(12-14-17)28-26(32)19-15-27-30-24(18-7-4-5-10-22(18)33-2)23-20(29-25(19)30)8-6-9-21(23)31/h4-5,7,10-15,24,29H,3,6,8-9H2,1-2H3,(H,28,32)/t24-/m1/s1. The highest BCUT2D eigenvalue weighted by atomic mass is 16.5. The summed E-state index contributed by atoms with van der Waals surface area (Å²) in [6.45, 7) is 2.50. The molecule has 2 heterocycles. The number of Topliss-reactive ketones (excluding diaryl/α,β-unsaturated/α-hetero) is 1. The number of ether oxygens (including phenoxy) is 2. The summed E-state index contributed by atoms with van der Waals surface area (Å²) in [5.41, 5.74) is 3.41. The predicted octanol–water partition coefficient (Wildman–Crippen LogP) is 4.56. The van der Waals surface area contributed by atoms with Gasteiger partial charge in [0.1, 0.15) is 28.9 Å². The molecule has 34 heavy (non-hydrogen) atoms. The molecule has 1 aliphatic carbocycles. The summed E-state index contributed by atoms with van der Waals surface area (Å²) in [6, 6.07) is 14.4. The van der Waals surface area contributed by atoms with Gasteiger partial charge in [0.15, 0.2) is 5.78 Å². The van der Waals surface area contributed by atoms with Gasteiger partial charge >= 0.3 is 0 Å². The van der Waals surface area contributed by atoms with Crippen molar-refractivity contribution in [3.8, 4) is 11.5 Å². The van der Waals surface area contributed by atoms with E-state index in [1.54, 1.807) is 23.9 Å². The van der Waals surface area contributed by atoms with Crippen LogP contribution in [0.25, 0.3) is 0 Å². The van der Waals surface area contributed by atoms with Crippen molar-refractivity contribution in [1.82, 2.24) is 9.78 Å². The molecule has 2 aromatic carbocycles. The fourth-order valence-electron chi connectivity index (χ4n) is 4.60. The second-order valence-electron chi connectivity index (χ2n) is 8.20. The van der Waals surface area contributed by atoms with Gasteiger partial charge in [-0.3, -0.25) is 9.59 Å². The van der Waals surface area contributed by atoms with Crippen molar-refractivity contribution >= 4 is 23.2 Å². The number of methoxy groups -OCH3 is 1. The molecule has 0 saturated heterocycles. The van der Waals surface area contributed by atoms with Crippen molar-refractivity contribution in [2.24, 2.45) is 0 Å². The topological polar surface area (TPSA) is 94.5 Å². The number of carbonyl (C=O) groups excluding carboxylic acids is 2. The van der Waals surface area contributed by atoms with E-state index in [0.717, 1.165) is 29.9 Å². The quantitative estimate of drug-likeness (QED) is 0.562. The molecule has 8 nitrogen and oxygen atoms in total. The summed E-state index contributed by atoms with van der Waals surface area (Å²) in [5, 5.41) is 10.8. The third-order valence-corrected chi connectivity index (χ3v) is 6.14. The molecule has 0 unspecified atom stereocenters. The van der Waals surface area contributed by atoms with Gasteiger partial charge < -0.3 is 20.1 Å². The van der Waals surface area contributed by atoms with Crippen LogP contribution in [0.1, 0.15) is 48.1 Å². The number of amides is 1. The SMILES string of the molecule is CCOc1ccc(NC(=O)c2cnn3c2NC2=C(C(=O)CCC2)[C@H]3c2ccccc2OC)cc1. The number of benzene rings is 2. The fraction of sp³-hybridized carbons (Fsp3) is 0.269. The molecule has 174 valence electrons. The van der Waals surface area contributed by atoms with Crippen LogP contribution in [0.5, 0.6) is 11.5 Å². The molecule has 1 aliphatic heterocycles. The number of para-hydroxylation sites is 1. The second-order valence-corrected chi connectivity index (χ2v) is 8.20. The largest absolute Gasteiger partial charge is 0.496 e. The molecule has 0 saturated carbocycles. The van der Waals surface area contributed by atoms with Crippen molar-refractivity contribution in [2.45, 2.75) is 32.2 Å². The second kappa shape index (κ2) is 9.05. The zero-order chi connectivity index (χ0) is 23.7. The number of carbonyl (C=O) groups is 2. The first kappa shape index (κ1) is 21.8. The Morgan fingerprint density at radius 3 is 2.74 bits per heavy atom. The van der Waals surface area contributed by atoms with Crippen molar-refractivity contribution in [1.29, 1.82) is 0 Å². The van der Waals surface area contributed by atoms with Crippen LogP contribution in [0.3, 0.4) is 0 Å². The van der Waals surface area contributed by atoms with Crippen LogP contribution < -0.4 is 20.1 Å². The maximum Gasteiger partial charge on any atom is 0.261 e. The summed E-state index contributed by atoms with van der Waals surface area (Å²) < 4.78 is 12.8. The number of aromatic nitrogens is 2. The molecule has 3 aromatic rings. The van der Waals surface area contributed by atoms with E-state index >= 15 is 0 Å². The van der Waals surface area contributed by atoms with Crippen LogP contribution in [-0.2, 0) is 4.79 Å². The third kappa shape index (κ3) is 3.81. The lowest BCUT2D eigenvalue weighted by Crippen LogP contribution is -2.32. The Morgan fingerprint density at radius 1 is 1.18 bits per heavy atom. The van der Waals surface area contributed by atoms with Gasteiger partial charge in [0.05, 0.1) is 19.9 Å². The molecule has 1 amide bonds. The monoisotopic (exact) mass is 458 g/mol. The smallest absolute Gasteiger partial charge is 0.261 e. The van der Waals surface area contributed by atoms with Crippen molar-refractivity contribution in [3.63, 3.8) is 0 Å². The molecular formula is C26H26N4O4. The number of allylic oxidation sites excluding steroid dienone is 2. The van der Waals surface area contributed by atoms with Gasteiger partial charge in [-0.15, -0.1) is 0 Å². The van der Waals surface area contributed by atoms with Crippen LogP contribution in [-0.4, -0.2) is 35.2 Å². The van der Waals surface area contributed by atoms with Crippen LogP contribution in [0, 0.1) is 0 Å². The van der Waals surface area contributed by atoms with E-state index in [9.17, 15) is 9.59 Å². The lowest BCUT2D eigenvalue weighted by molar-refractivity contribution is -0.116. The molecule has 0 spiro atoms. The molecule has 1 aromatic heterocycles. The minimum atomic E-state index is -0.470. The first-order chi connectivity index (χ1) is 16.6. The first-order valence-corrected chi connectivity index (χ1v) is 11.4. The van der Waals surface area contributed by atoms with Gasteiger partial charge in [-0.05, 0) is 50.1 Å². The van der Waals surface area contributed by atoms with Gasteiger partial charge in [-0.1, -0.05) is 18.2 Å².